The monoisotopic (exact) mass is 441 g/mol. The summed E-state index contributed by atoms with van der Waals surface area (Å²) in [4.78, 5) is 21.1. The van der Waals surface area contributed by atoms with Crippen LogP contribution in [0.15, 0.2) is 35.3 Å². The molecule has 1 aromatic rings. The number of carbonyl (C=O) groups is 1. The van der Waals surface area contributed by atoms with Crippen LogP contribution in [0.3, 0.4) is 0 Å². The van der Waals surface area contributed by atoms with E-state index in [1.54, 1.807) is 0 Å². The Morgan fingerprint density at radius 1 is 1.09 bits per heavy atom. The van der Waals surface area contributed by atoms with E-state index in [1.807, 2.05) is 25.8 Å². The highest BCUT2D eigenvalue weighted by Crippen LogP contribution is 2.21. The maximum Gasteiger partial charge on any atom is 0.225 e. The average Bonchev–Trinajstić information content (AvgIpc) is 3.27. The van der Waals surface area contributed by atoms with Crippen LogP contribution in [0.2, 0.25) is 0 Å². The Kier molecular flexibility index (Phi) is 9.85. The first-order valence-electron chi connectivity index (χ1n) is 12.6. The van der Waals surface area contributed by atoms with Crippen molar-refractivity contribution in [1.82, 2.24) is 20.4 Å². The Balaban J connectivity index is 1.24. The van der Waals surface area contributed by atoms with E-state index in [9.17, 15) is 4.79 Å². The summed E-state index contributed by atoms with van der Waals surface area (Å²) < 4.78 is 0. The van der Waals surface area contributed by atoms with Gasteiger partial charge in [0.15, 0.2) is 5.96 Å². The van der Waals surface area contributed by atoms with Crippen molar-refractivity contribution in [1.29, 1.82) is 0 Å². The second-order valence-corrected chi connectivity index (χ2v) is 9.75. The molecule has 1 amide bonds. The molecule has 6 heteroatoms. The molecule has 2 saturated heterocycles. The van der Waals surface area contributed by atoms with Crippen LogP contribution in [0, 0.1) is 11.8 Å². The minimum absolute atomic E-state index is 0.0702. The van der Waals surface area contributed by atoms with Crippen LogP contribution in [0.25, 0.3) is 0 Å². The predicted molar refractivity (Wildman–Crippen MR) is 133 cm³/mol. The third-order valence-electron chi connectivity index (χ3n) is 6.83. The van der Waals surface area contributed by atoms with Gasteiger partial charge in [-0.25, -0.2) is 0 Å². The molecule has 1 unspecified atom stereocenters. The maximum absolute atomic E-state index is 12.2. The number of aliphatic imine (C=N–C) groups is 1. The number of benzene rings is 1. The van der Waals surface area contributed by atoms with E-state index in [1.165, 1.54) is 50.9 Å². The van der Waals surface area contributed by atoms with Gasteiger partial charge in [0.25, 0.3) is 0 Å². The van der Waals surface area contributed by atoms with E-state index in [4.69, 9.17) is 0 Å². The van der Waals surface area contributed by atoms with Gasteiger partial charge in [0.2, 0.25) is 5.91 Å². The van der Waals surface area contributed by atoms with E-state index in [0.29, 0.717) is 6.04 Å². The molecule has 2 N–H and O–H groups in total. The lowest BCUT2D eigenvalue weighted by Gasteiger charge is -2.32. The molecule has 2 heterocycles. The molecule has 0 aromatic heterocycles. The summed E-state index contributed by atoms with van der Waals surface area (Å²) in [6.07, 6.45) is 7.22. The molecule has 0 saturated carbocycles. The number of nitrogens with one attached hydrogen (secondary N) is 2. The molecular formula is C26H43N5O. The predicted octanol–water partition coefficient (Wildman–Crippen LogP) is 3.14. The van der Waals surface area contributed by atoms with Gasteiger partial charge in [-0.2, -0.15) is 0 Å². The number of nitrogens with zero attached hydrogens (tertiary/aromatic N) is 3. The SMILES string of the molecule is CN=C(NCCCCN1CCC(Cc2ccccc2)CC1)NC1CCN(C(=O)C(C)C)C1. The summed E-state index contributed by atoms with van der Waals surface area (Å²) in [5.74, 6) is 2.02. The molecule has 178 valence electrons. The van der Waals surface area contributed by atoms with Crippen molar-refractivity contribution < 1.29 is 4.79 Å². The molecule has 0 radical (unpaired) electrons. The molecule has 2 aliphatic heterocycles. The minimum Gasteiger partial charge on any atom is -0.356 e. The fourth-order valence-electron chi connectivity index (χ4n) is 4.86. The Hall–Kier alpha value is -2.08. The number of amides is 1. The van der Waals surface area contributed by atoms with Gasteiger partial charge in [-0.05, 0) is 69.6 Å². The zero-order chi connectivity index (χ0) is 22.8. The lowest BCUT2D eigenvalue weighted by atomic mass is 9.90. The summed E-state index contributed by atoms with van der Waals surface area (Å²) in [7, 11) is 1.82. The summed E-state index contributed by atoms with van der Waals surface area (Å²) in [5, 5.41) is 6.94. The fraction of sp³-hybridized carbons (Fsp3) is 0.692. The van der Waals surface area contributed by atoms with Gasteiger partial charge >= 0.3 is 0 Å². The first-order valence-corrected chi connectivity index (χ1v) is 12.6. The molecule has 1 aromatic carbocycles. The Morgan fingerprint density at radius 2 is 1.84 bits per heavy atom. The van der Waals surface area contributed by atoms with Crippen molar-refractivity contribution in [2.75, 3.05) is 46.3 Å². The largest absolute Gasteiger partial charge is 0.356 e. The van der Waals surface area contributed by atoms with Gasteiger partial charge in [-0.3, -0.25) is 9.79 Å². The smallest absolute Gasteiger partial charge is 0.225 e. The van der Waals surface area contributed by atoms with Crippen molar-refractivity contribution in [2.45, 2.75) is 58.4 Å². The van der Waals surface area contributed by atoms with Crippen molar-refractivity contribution in [2.24, 2.45) is 16.8 Å². The van der Waals surface area contributed by atoms with Crippen molar-refractivity contribution in [3.63, 3.8) is 0 Å². The average molecular weight is 442 g/mol. The maximum atomic E-state index is 12.2. The molecule has 2 fully saturated rings. The van der Waals surface area contributed by atoms with Crippen LogP contribution in [0.5, 0.6) is 0 Å². The van der Waals surface area contributed by atoms with Gasteiger partial charge in [-0.15, -0.1) is 0 Å². The topological polar surface area (TPSA) is 60.0 Å². The zero-order valence-electron chi connectivity index (χ0n) is 20.4. The molecular weight excluding hydrogens is 398 g/mol. The number of carbonyl (C=O) groups excluding carboxylic acids is 1. The van der Waals surface area contributed by atoms with E-state index in [-0.39, 0.29) is 11.8 Å². The van der Waals surface area contributed by atoms with E-state index in [0.717, 1.165) is 44.4 Å². The van der Waals surface area contributed by atoms with Crippen molar-refractivity contribution >= 4 is 11.9 Å². The zero-order valence-corrected chi connectivity index (χ0v) is 20.4. The van der Waals surface area contributed by atoms with Crippen LogP contribution in [-0.2, 0) is 11.2 Å². The van der Waals surface area contributed by atoms with Gasteiger partial charge in [-0.1, -0.05) is 44.2 Å². The Bertz CT molecular complexity index is 712. The van der Waals surface area contributed by atoms with E-state index in [2.05, 4.69) is 50.9 Å². The molecule has 0 bridgehead atoms. The molecule has 6 nitrogen and oxygen atoms in total. The normalized spacial score (nSPS) is 20.7. The number of guanidine groups is 1. The first-order chi connectivity index (χ1) is 15.5. The number of hydrogen-bond donors (Lipinski definition) is 2. The summed E-state index contributed by atoms with van der Waals surface area (Å²) in [5.41, 5.74) is 1.48. The highest BCUT2D eigenvalue weighted by Gasteiger charge is 2.28. The summed E-state index contributed by atoms with van der Waals surface area (Å²) >= 11 is 0. The standard InChI is InChI=1S/C26H43N5O/c1-21(2)25(32)31-18-13-24(20-31)29-26(27-3)28-14-7-8-15-30-16-11-23(12-17-30)19-22-9-5-4-6-10-22/h4-6,9-10,21,23-24H,7-8,11-20H2,1-3H3,(H2,27,28,29). The van der Waals surface area contributed by atoms with Crippen LogP contribution in [0.1, 0.15) is 51.5 Å². The molecule has 0 spiro atoms. The Morgan fingerprint density at radius 3 is 2.53 bits per heavy atom. The van der Waals surface area contributed by atoms with Gasteiger partial charge in [0.1, 0.15) is 0 Å². The highest BCUT2D eigenvalue weighted by molar-refractivity contribution is 5.81. The second-order valence-electron chi connectivity index (χ2n) is 9.75. The van der Waals surface area contributed by atoms with Crippen LogP contribution in [-0.4, -0.2) is 74.0 Å². The lowest BCUT2D eigenvalue weighted by molar-refractivity contribution is -0.133. The summed E-state index contributed by atoms with van der Waals surface area (Å²) in [6, 6.07) is 11.2. The number of likely N-dealkylation sites (tertiary alicyclic amines) is 2. The second kappa shape index (κ2) is 12.8. The van der Waals surface area contributed by atoms with Gasteiger partial charge in [0.05, 0.1) is 0 Å². The number of rotatable bonds is 9. The minimum atomic E-state index is 0.0702. The van der Waals surface area contributed by atoms with Crippen LogP contribution in [0.4, 0.5) is 0 Å². The van der Waals surface area contributed by atoms with E-state index >= 15 is 0 Å². The van der Waals surface area contributed by atoms with Crippen molar-refractivity contribution in [3.8, 4) is 0 Å². The molecule has 3 rings (SSSR count). The molecule has 1 atom stereocenters. The third kappa shape index (κ3) is 7.80. The van der Waals surface area contributed by atoms with E-state index < -0.39 is 0 Å². The summed E-state index contributed by atoms with van der Waals surface area (Å²) in [6.45, 7) is 10.2. The number of unbranched alkanes of at least 4 members (excludes halogenated alkanes) is 1. The molecule has 0 aliphatic carbocycles. The van der Waals surface area contributed by atoms with Gasteiger partial charge < -0.3 is 20.4 Å². The quantitative estimate of drug-likeness (QED) is 0.351. The lowest BCUT2D eigenvalue weighted by Crippen LogP contribution is -2.45. The van der Waals surface area contributed by atoms with Crippen LogP contribution >= 0.6 is 0 Å². The number of hydrogen-bond acceptors (Lipinski definition) is 3. The third-order valence-corrected chi connectivity index (χ3v) is 6.83. The Labute approximate surface area is 194 Å². The molecule has 2 aliphatic rings. The van der Waals surface area contributed by atoms with Gasteiger partial charge in [0, 0.05) is 38.6 Å². The van der Waals surface area contributed by atoms with Crippen LogP contribution < -0.4 is 10.6 Å². The highest BCUT2D eigenvalue weighted by atomic mass is 16.2. The molecule has 32 heavy (non-hydrogen) atoms. The fourth-order valence-corrected chi connectivity index (χ4v) is 4.86. The number of piperidine rings is 1. The van der Waals surface area contributed by atoms with Crippen molar-refractivity contribution in [3.05, 3.63) is 35.9 Å². The first kappa shape index (κ1) is 24.6.